The van der Waals surface area contributed by atoms with Crippen LogP contribution < -0.4 is 11.1 Å². The van der Waals surface area contributed by atoms with Gasteiger partial charge in [-0.25, -0.2) is 0 Å². The van der Waals surface area contributed by atoms with Gasteiger partial charge in [-0.15, -0.1) is 11.3 Å². The third-order valence-corrected chi connectivity index (χ3v) is 4.10. The molecule has 0 spiro atoms. The third-order valence-electron chi connectivity index (χ3n) is 3.15. The van der Waals surface area contributed by atoms with Crippen molar-refractivity contribution in [2.24, 2.45) is 16.8 Å². The molecule has 0 radical (unpaired) electrons. The topological polar surface area (TPSA) is 87.7 Å². The molecule has 5 nitrogen and oxygen atoms in total. The van der Waals surface area contributed by atoms with Gasteiger partial charge in [-0.2, -0.15) is 0 Å². The molecule has 1 fully saturated rings. The lowest BCUT2D eigenvalue weighted by Gasteiger charge is -2.16. The van der Waals surface area contributed by atoms with E-state index in [9.17, 15) is 4.79 Å². The van der Waals surface area contributed by atoms with Gasteiger partial charge >= 0.3 is 0 Å². The van der Waals surface area contributed by atoms with Crippen molar-refractivity contribution in [3.63, 3.8) is 0 Å². The van der Waals surface area contributed by atoms with Crippen molar-refractivity contribution in [3.05, 3.63) is 21.9 Å². The number of nitrogens with one attached hydrogen (secondary N) is 1. The first-order valence-corrected chi connectivity index (χ1v) is 6.90. The van der Waals surface area contributed by atoms with Gasteiger partial charge in [0, 0.05) is 0 Å². The molecule has 0 aliphatic heterocycles. The molecule has 0 aromatic carbocycles. The average molecular weight is 267 g/mol. The molecule has 4 N–H and O–H groups in total. The Hall–Kier alpha value is -1.56. The number of oxime groups is 1. The first-order valence-electron chi connectivity index (χ1n) is 6.02. The summed E-state index contributed by atoms with van der Waals surface area (Å²) in [6, 6.07) is 1.60. The summed E-state index contributed by atoms with van der Waals surface area (Å²) in [6.45, 7) is 2.01. The van der Waals surface area contributed by atoms with E-state index in [-0.39, 0.29) is 17.8 Å². The van der Waals surface area contributed by atoms with Crippen LogP contribution in [0.5, 0.6) is 0 Å². The summed E-state index contributed by atoms with van der Waals surface area (Å²) >= 11 is 1.42. The summed E-state index contributed by atoms with van der Waals surface area (Å²) in [5, 5.41) is 16.5. The number of nitrogens with zero attached hydrogens (tertiary/aromatic N) is 1. The highest BCUT2D eigenvalue weighted by Crippen LogP contribution is 2.33. The molecule has 1 unspecified atom stereocenters. The number of amides is 1. The van der Waals surface area contributed by atoms with E-state index in [4.69, 9.17) is 10.9 Å². The number of thiophene rings is 1. The maximum atomic E-state index is 12.2. The van der Waals surface area contributed by atoms with Crippen LogP contribution in [0.2, 0.25) is 0 Å². The Balaban J connectivity index is 2.10. The van der Waals surface area contributed by atoms with Crippen molar-refractivity contribution in [1.29, 1.82) is 0 Å². The summed E-state index contributed by atoms with van der Waals surface area (Å²) in [7, 11) is 0. The minimum absolute atomic E-state index is 0.0838. The quantitative estimate of drug-likeness (QED) is 0.327. The number of hydrogen-bond donors (Lipinski definition) is 3. The molecule has 0 bridgehead atoms. The molecule has 1 aliphatic carbocycles. The van der Waals surface area contributed by atoms with E-state index in [1.807, 2.05) is 18.4 Å². The summed E-state index contributed by atoms with van der Waals surface area (Å²) in [5.74, 6) is 0.251. The molecule has 1 aromatic heterocycles. The van der Waals surface area contributed by atoms with E-state index in [1.165, 1.54) is 11.3 Å². The van der Waals surface area contributed by atoms with Gasteiger partial charge in [0.25, 0.3) is 5.91 Å². The van der Waals surface area contributed by atoms with Gasteiger partial charge in [0.2, 0.25) is 0 Å². The molecule has 1 aromatic rings. The van der Waals surface area contributed by atoms with Crippen molar-refractivity contribution in [2.75, 3.05) is 0 Å². The predicted octanol–water partition coefficient (Wildman–Crippen LogP) is 1.57. The fraction of sp³-hybridized carbons (Fsp3) is 0.500. The largest absolute Gasteiger partial charge is 0.409 e. The zero-order valence-electron chi connectivity index (χ0n) is 10.2. The highest BCUT2D eigenvalue weighted by Gasteiger charge is 2.35. The Kier molecular flexibility index (Phi) is 3.86. The van der Waals surface area contributed by atoms with Gasteiger partial charge in [-0.3, -0.25) is 4.79 Å². The molecule has 1 amide bonds. The Morgan fingerprint density at radius 3 is 3.00 bits per heavy atom. The van der Waals surface area contributed by atoms with Crippen LogP contribution in [0.25, 0.3) is 0 Å². The van der Waals surface area contributed by atoms with E-state index in [1.54, 1.807) is 0 Å². The fourth-order valence-electron chi connectivity index (χ4n) is 1.95. The first kappa shape index (κ1) is 12.9. The third kappa shape index (κ3) is 2.64. The first-order chi connectivity index (χ1) is 8.67. The second-order valence-electron chi connectivity index (χ2n) is 4.44. The Morgan fingerprint density at radius 2 is 2.44 bits per heavy atom. The molecule has 2 rings (SSSR count). The summed E-state index contributed by atoms with van der Waals surface area (Å²) in [5.41, 5.74) is 6.65. The van der Waals surface area contributed by atoms with Gasteiger partial charge in [0.05, 0.1) is 10.9 Å². The number of nitrogens with two attached hydrogens (primary N) is 1. The number of aryl methyl sites for hydroxylation is 1. The normalized spacial score (nSPS) is 17.5. The minimum Gasteiger partial charge on any atom is -0.409 e. The van der Waals surface area contributed by atoms with Crippen LogP contribution in [0.4, 0.5) is 0 Å². The van der Waals surface area contributed by atoms with E-state index in [0.29, 0.717) is 10.8 Å². The lowest BCUT2D eigenvalue weighted by molar-refractivity contribution is 0.0946. The monoisotopic (exact) mass is 267 g/mol. The second kappa shape index (κ2) is 5.39. The van der Waals surface area contributed by atoms with Crippen molar-refractivity contribution < 1.29 is 10.0 Å². The average Bonchev–Trinajstić information content (AvgIpc) is 3.11. The van der Waals surface area contributed by atoms with Gasteiger partial charge < -0.3 is 16.3 Å². The van der Waals surface area contributed by atoms with Crippen LogP contribution in [-0.2, 0) is 6.42 Å². The van der Waals surface area contributed by atoms with E-state index in [0.717, 1.165) is 24.8 Å². The zero-order valence-corrected chi connectivity index (χ0v) is 11.0. The number of carbonyl (C=O) groups excluding carboxylic acids is 1. The van der Waals surface area contributed by atoms with Crippen LogP contribution in [-0.4, -0.2) is 23.0 Å². The lowest BCUT2D eigenvalue weighted by Crippen LogP contribution is -2.46. The molecule has 0 saturated heterocycles. The highest BCUT2D eigenvalue weighted by molar-refractivity contribution is 7.12. The molecule has 1 atom stereocenters. The van der Waals surface area contributed by atoms with Crippen LogP contribution in [0, 0.1) is 5.92 Å². The van der Waals surface area contributed by atoms with Crippen molar-refractivity contribution >= 4 is 23.1 Å². The molecule has 1 aliphatic rings. The Morgan fingerprint density at radius 1 is 1.72 bits per heavy atom. The standard InChI is InChI=1S/C12H17N3O2S/c1-2-7-5-6-18-10(7)12(16)14-9(8-3-4-8)11(13)15-17/h5-6,8-9,17H,2-4H2,1H3,(H2,13,15)(H,14,16). The van der Waals surface area contributed by atoms with E-state index >= 15 is 0 Å². The summed E-state index contributed by atoms with van der Waals surface area (Å²) in [6.07, 6.45) is 2.84. The Labute approximate surface area is 110 Å². The number of rotatable bonds is 5. The van der Waals surface area contributed by atoms with E-state index in [2.05, 4.69) is 10.5 Å². The summed E-state index contributed by atoms with van der Waals surface area (Å²) < 4.78 is 0. The maximum absolute atomic E-state index is 12.2. The van der Waals surface area contributed by atoms with Crippen molar-refractivity contribution in [2.45, 2.75) is 32.2 Å². The van der Waals surface area contributed by atoms with Crippen LogP contribution in [0.1, 0.15) is 35.0 Å². The van der Waals surface area contributed by atoms with Crippen LogP contribution >= 0.6 is 11.3 Å². The van der Waals surface area contributed by atoms with Crippen molar-refractivity contribution in [1.82, 2.24) is 5.32 Å². The molecule has 6 heteroatoms. The summed E-state index contributed by atoms with van der Waals surface area (Å²) in [4.78, 5) is 12.9. The Bertz CT molecular complexity index is 466. The van der Waals surface area contributed by atoms with Crippen molar-refractivity contribution in [3.8, 4) is 0 Å². The predicted molar refractivity (Wildman–Crippen MR) is 71.1 cm³/mol. The minimum atomic E-state index is -0.352. The zero-order chi connectivity index (χ0) is 13.1. The smallest absolute Gasteiger partial charge is 0.262 e. The van der Waals surface area contributed by atoms with Crippen LogP contribution in [0.15, 0.2) is 16.6 Å². The highest BCUT2D eigenvalue weighted by atomic mass is 32.1. The van der Waals surface area contributed by atoms with Gasteiger partial charge in [-0.05, 0) is 42.2 Å². The molecule has 1 saturated carbocycles. The van der Waals surface area contributed by atoms with Crippen LogP contribution in [0.3, 0.4) is 0 Å². The SMILES string of the molecule is CCc1ccsc1C(=O)NC(C(N)=NO)C1CC1. The number of hydrogen-bond acceptors (Lipinski definition) is 4. The second-order valence-corrected chi connectivity index (χ2v) is 5.36. The van der Waals surface area contributed by atoms with Gasteiger partial charge in [0.15, 0.2) is 5.84 Å². The molecular formula is C12H17N3O2S. The number of amidine groups is 1. The fourth-order valence-corrected chi connectivity index (χ4v) is 2.84. The van der Waals surface area contributed by atoms with Gasteiger partial charge in [-0.1, -0.05) is 12.1 Å². The molecule has 1 heterocycles. The maximum Gasteiger partial charge on any atom is 0.262 e. The molecular weight excluding hydrogens is 250 g/mol. The van der Waals surface area contributed by atoms with Gasteiger partial charge in [0.1, 0.15) is 0 Å². The lowest BCUT2D eigenvalue weighted by atomic mass is 10.1. The molecule has 98 valence electrons. The number of carbonyl (C=O) groups is 1. The molecule has 18 heavy (non-hydrogen) atoms. The van der Waals surface area contributed by atoms with E-state index < -0.39 is 0 Å².